The van der Waals surface area contributed by atoms with Crippen molar-refractivity contribution in [2.75, 3.05) is 13.6 Å². The maximum Gasteiger partial charge on any atom is 0.0357 e. The lowest BCUT2D eigenvalue weighted by molar-refractivity contribution is 0.664. The van der Waals surface area contributed by atoms with Crippen molar-refractivity contribution in [1.29, 1.82) is 0 Å². The molecule has 3 heteroatoms. The number of rotatable bonds is 4. The summed E-state index contributed by atoms with van der Waals surface area (Å²) in [7, 11) is 1.96. The van der Waals surface area contributed by atoms with Crippen molar-refractivity contribution >= 4 is 22.8 Å². The largest absolute Gasteiger partial charge is 0.325 e. The van der Waals surface area contributed by atoms with Crippen LogP contribution in [-0.2, 0) is 6.42 Å². The molecule has 2 N–H and O–H groups in total. The van der Waals surface area contributed by atoms with Crippen LogP contribution in [0.1, 0.15) is 5.56 Å². The quantitative estimate of drug-likeness (QED) is 0.796. The highest BCUT2D eigenvalue weighted by Crippen LogP contribution is 2.22. The van der Waals surface area contributed by atoms with Crippen molar-refractivity contribution in [1.82, 2.24) is 5.32 Å². The normalized spacial score (nSPS) is 10.9. The molecule has 0 radical (unpaired) electrons. The fraction of sp³-hybridized carbons (Fsp3) is 0.231. The standard InChI is InChI=1S/C13H15NOS/c1-14-7-6-10-2-3-12-9-13(16-15)5-4-11(12)8-10/h2-5,8-9,14-15H,6-7H2,1H3. The number of benzene rings is 2. The molecule has 0 heterocycles. The van der Waals surface area contributed by atoms with E-state index in [1.807, 2.05) is 19.2 Å². The molecule has 2 nitrogen and oxygen atoms in total. The van der Waals surface area contributed by atoms with Crippen molar-refractivity contribution in [2.24, 2.45) is 0 Å². The van der Waals surface area contributed by atoms with Crippen LogP contribution in [0.5, 0.6) is 0 Å². The molecule has 0 aliphatic carbocycles. The zero-order valence-electron chi connectivity index (χ0n) is 9.23. The van der Waals surface area contributed by atoms with Gasteiger partial charge in [-0.05, 0) is 48.5 Å². The van der Waals surface area contributed by atoms with Crippen LogP contribution >= 0.6 is 12.0 Å². The molecule has 0 spiro atoms. The number of nitrogens with one attached hydrogen (secondary N) is 1. The highest BCUT2D eigenvalue weighted by molar-refractivity contribution is 7.93. The van der Waals surface area contributed by atoms with Gasteiger partial charge in [0.25, 0.3) is 0 Å². The molecule has 0 unspecified atom stereocenters. The Morgan fingerprint density at radius 2 is 1.88 bits per heavy atom. The van der Waals surface area contributed by atoms with Gasteiger partial charge < -0.3 is 9.87 Å². The van der Waals surface area contributed by atoms with Crippen LogP contribution in [0.2, 0.25) is 0 Å². The molecule has 0 aromatic heterocycles. The second-order valence-corrected chi connectivity index (χ2v) is 4.44. The minimum Gasteiger partial charge on any atom is -0.325 e. The molecule has 84 valence electrons. The van der Waals surface area contributed by atoms with Gasteiger partial charge in [-0.3, -0.25) is 0 Å². The van der Waals surface area contributed by atoms with Gasteiger partial charge in [0.15, 0.2) is 0 Å². The van der Waals surface area contributed by atoms with Gasteiger partial charge in [0.05, 0.1) is 0 Å². The summed E-state index contributed by atoms with van der Waals surface area (Å²) in [4.78, 5) is 0.885. The van der Waals surface area contributed by atoms with E-state index in [2.05, 4.69) is 29.6 Å². The highest BCUT2D eigenvalue weighted by atomic mass is 32.2. The lowest BCUT2D eigenvalue weighted by atomic mass is 10.1. The van der Waals surface area contributed by atoms with E-state index in [0.29, 0.717) is 0 Å². The van der Waals surface area contributed by atoms with Gasteiger partial charge in [-0.15, -0.1) is 0 Å². The molecule has 0 bridgehead atoms. The Morgan fingerprint density at radius 1 is 1.12 bits per heavy atom. The zero-order valence-corrected chi connectivity index (χ0v) is 10.1. The Labute approximate surface area is 99.9 Å². The minimum atomic E-state index is 0.792. The molecule has 16 heavy (non-hydrogen) atoms. The third kappa shape index (κ3) is 2.55. The first-order valence-corrected chi connectivity index (χ1v) is 6.09. The van der Waals surface area contributed by atoms with Crippen molar-refractivity contribution in [2.45, 2.75) is 11.3 Å². The average molecular weight is 233 g/mol. The lowest BCUT2D eigenvalue weighted by Gasteiger charge is -2.04. The second-order valence-electron chi connectivity index (χ2n) is 3.79. The summed E-state index contributed by atoms with van der Waals surface area (Å²) < 4.78 is 8.98. The van der Waals surface area contributed by atoms with E-state index in [1.165, 1.54) is 16.3 Å². The highest BCUT2D eigenvalue weighted by Gasteiger charge is 1.98. The number of fused-ring (bicyclic) bond motifs is 1. The Bertz CT molecular complexity index is 484. The first-order chi connectivity index (χ1) is 7.83. The Morgan fingerprint density at radius 3 is 2.62 bits per heavy atom. The predicted octanol–water partition coefficient (Wildman–Crippen LogP) is 3.17. The van der Waals surface area contributed by atoms with Gasteiger partial charge >= 0.3 is 0 Å². The lowest BCUT2D eigenvalue weighted by Crippen LogP contribution is -2.10. The molecule has 2 aromatic rings. The van der Waals surface area contributed by atoms with Crippen LogP contribution in [0.25, 0.3) is 10.8 Å². The maximum absolute atomic E-state index is 8.98. The van der Waals surface area contributed by atoms with E-state index < -0.39 is 0 Å². The Kier molecular flexibility index (Phi) is 3.83. The van der Waals surface area contributed by atoms with Gasteiger partial charge in [-0.1, -0.05) is 24.3 Å². The van der Waals surface area contributed by atoms with Gasteiger partial charge in [0.1, 0.15) is 0 Å². The molecule has 0 saturated heterocycles. The number of hydrogen-bond acceptors (Lipinski definition) is 3. The molecular weight excluding hydrogens is 218 g/mol. The fourth-order valence-electron chi connectivity index (χ4n) is 1.75. The second kappa shape index (κ2) is 5.34. The van der Waals surface area contributed by atoms with Gasteiger partial charge in [-0.25, -0.2) is 0 Å². The van der Waals surface area contributed by atoms with Crippen LogP contribution in [0.15, 0.2) is 41.3 Å². The van der Waals surface area contributed by atoms with Gasteiger partial charge in [-0.2, -0.15) is 0 Å². The summed E-state index contributed by atoms with van der Waals surface area (Å²) in [5.74, 6) is 0. The fourth-order valence-corrected chi connectivity index (χ4v) is 2.06. The molecule has 2 rings (SSSR count). The minimum absolute atomic E-state index is 0.792. The summed E-state index contributed by atoms with van der Waals surface area (Å²) in [6, 6.07) is 12.5. The summed E-state index contributed by atoms with van der Waals surface area (Å²) in [5, 5.41) is 5.55. The number of likely N-dealkylation sites (N-methyl/N-ethyl adjacent to an activating group) is 1. The molecule has 0 aliphatic heterocycles. The van der Waals surface area contributed by atoms with Crippen LogP contribution in [0.4, 0.5) is 0 Å². The summed E-state index contributed by atoms with van der Waals surface area (Å²) in [6.07, 6.45) is 1.04. The monoisotopic (exact) mass is 233 g/mol. The first-order valence-electron chi connectivity index (χ1n) is 5.32. The van der Waals surface area contributed by atoms with Crippen LogP contribution < -0.4 is 5.32 Å². The van der Waals surface area contributed by atoms with Crippen molar-refractivity contribution in [3.05, 3.63) is 42.0 Å². The molecule has 0 saturated carbocycles. The molecule has 2 aromatic carbocycles. The summed E-state index contributed by atoms with van der Waals surface area (Å²) >= 11 is 0.792. The number of hydrogen-bond donors (Lipinski definition) is 2. The van der Waals surface area contributed by atoms with E-state index in [1.54, 1.807) is 0 Å². The third-order valence-corrected chi connectivity index (χ3v) is 3.11. The van der Waals surface area contributed by atoms with Crippen LogP contribution in [-0.4, -0.2) is 18.1 Å². The maximum atomic E-state index is 8.98. The molecule has 0 atom stereocenters. The SMILES string of the molecule is CNCCc1ccc2cc(SO)ccc2c1. The molecule has 0 amide bonds. The van der Waals surface area contributed by atoms with Crippen molar-refractivity contribution in [3.8, 4) is 0 Å². The molecule has 0 fully saturated rings. The van der Waals surface area contributed by atoms with Crippen LogP contribution in [0, 0.1) is 0 Å². The Balaban J connectivity index is 2.32. The van der Waals surface area contributed by atoms with Crippen LogP contribution in [0.3, 0.4) is 0 Å². The topological polar surface area (TPSA) is 32.3 Å². The smallest absolute Gasteiger partial charge is 0.0357 e. The van der Waals surface area contributed by atoms with Gasteiger partial charge in [0.2, 0.25) is 0 Å². The van der Waals surface area contributed by atoms with Crippen molar-refractivity contribution < 1.29 is 4.55 Å². The van der Waals surface area contributed by atoms with E-state index in [-0.39, 0.29) is 0 Å². The van der Waals surface area contributed by atoms with E-state index in [0.717, 1.165) is 29.9 Å². The average Bonchev–Trinajstić information content (AvgIpc) is 2.35. The van der Waals surface area contributed by atoms with E-state index >= 15 is 0 Å². The molecular formula is C13H15NOS. The van der Waals surface area contributed by atoms with Crippen molar-refractivity contribution in [3.63, 3.8) is 0 Å². The van der Waals surface area contributed by atoms with Gasteiger partial charge in [0, 0.05) is 16.9 Å². The predicted molar refractivity (Wildman–Crippen MR) is 70.1 cm³/mol. The first kappa shape index (κ1) is 11.5. The summed E-state index contributed by atoms with van der Waals surface area (Å²) in [5.41, 5.74) is 1.34. The van der Waals surface area contributed by atoms with E-state index in [9.17, 15) is 0 Å². The molecule has 0 aliphatic rings. The third-order valence-electron chi connectivity index (χ3n) is 2.65. The summed E-state index contributed by atoms with van der Waals surface area (Å²) in [6.45, 7) is 0.996. The van der Waals surface area contributed by atoms with E-state index in [4.69, 9.17) is 4.55 Å². The Hall–Kier alpha value is -1.03. The zero-order chi connectivity index (χ0) is 11.4.